The highest BCUT2D eigenvalue weighted by atomic mass is 79.9. The number of hydrogen-bond acceptors (Lipinski definition) is 6. The van der Waals surface area contributed by atoms with Gasteiger partial charge in [-0.25, -0.2) is 0 Å². The standard InChI is InChI=1S/C18H18Br4O3.H3O3P/c1-10(8-23)25-9-15(24)16(11-4-2-6-13(19)17(11)21)12-5-3-7-14(20)18(12)22;1-4(2)3/h2-7,10,15-16,23-24H,8-9H2,1H3;1-3H. The van der Waals surface area contributed by atoms with Crippen LogP contribution < -0.4 is 0 Å². The predicted octanol–water partition coefficient (Wildman–Crippen LogP) is 4.82. The maximum Gasteiger partial charge on any atom is 0.324 e. The molecule has 0 saturated carbocycles. The normalized spacial score (nSPS) is 13.2. The van der Waals surface area contributed by atoms with Crippen molar-refractivity contribution in [3.05, 3.63) is 65.4 Å². The quantitative estimate of drug-likeness (QED) is 0.268. The molecule has 0 saturated heterocycles. The second-order valence-electron chi connectivity index (χ2n) is 5.93. The Hall–Kier alpha value is 0.550. The van der Waals surface area contributed by atoms with Crippen molar-refractivity contribution in [1.29, 1.82) is 0 Å². The van der Waals surface area contributed by atoms with Crippen molar-refractivity contribution in [3.8, 4) is 0 Å². The van der Waals surface area contributed by atoms with E-state index in [2.05, 4.69) is 63.7 Å². The lowest BCUT2D eigenvalue weighted by Crippen LogP contribution is -2.29. The third kappa shape index (κ3) is 8.90. The fraction of sp³-hybridized carbons (Fsp3) is 0.333. The SMILES string of the molecule is CC(CO)OCC(O)C(c1cccc(Br)c1Br)c1cccc(Br)c1Br.OP(O)O. The minimum atomic E-state index is -2.62. The largest absolute Gasteiger partial charge is 0.394 e. The van der Waals surface area contributed by atoms with Gasteiger partial charge in [0.15, 0.2) is 0 Å². The molecule has 29 heavy (non-hydrogen) atoms. The molecule has 2 rings (SSSR count). The summed E-state index contributed by atoms with van der Waals surface area (Å²) in [6, 6.07) is 11.7. The van der Waals surface area contributed by atoms with Crippen molar-refractivity contribution in [3.63, 3.8) is 0 Å². The molecule has 0 aliphatic rings. The summed E-state index contributed by atoms with van der Waals surface area (Å²) in [4.78, 5) is 21.7. The lowest BCUT2D eigenvalue weighted by Gasteiger charge is -2.27. The van der Waals surface area contributed by atoms with Crippen LogP contribution in [0.4, 0.5) is 0 Å². The molecule has 6 nitrogen and oxygen atoms in total. The number of benzene rings is 2. The molecule has 0 aromatic heterocycles. The first-order valence-corrected chi connectivity index (χ1v) is 12.6. The second-order valence-corrected chi connectivity index (χ2v) is 9.76. The van der Waals surface area contributed by atoms with Gasteiger partial charge in [0.05, 0.1) is 25.4 Å². The van der Waals surface area contributed by atoms with Gasteiger partial charge in [0.1, 0.15) is 0 Å². The van der Waals surface area contributed by atoms with Gasteiger partial charge in [-0.15, -0.1) is 0 Å². The molecule has 162 valence electrons. The minimum absolute atomic E-state index is 0.0848. The third-order valence-electron chi connectivity index (χ3n) is 3.83. The Morgan fingerprint density at radius 2 is 1.31 bits per heavy atom. The minimum Gasteiger partial charge on any atom is -0.394 e. The molecule has 0 fully saturated rings. The molecule has 5 N–H and O–H groups in total. The molecule has 2 atom stereocenters. The molecule has 2 aromatic rings. The first kappa shape index (κ1) is 27.6. The molecule has 0 spiro atoms. The molecule has 0 radical (unpaired) electrons. The molecule has 0 heterocycles. The highest BCUT2D eigenvalue weighted by Crippen LogP contribution is 2.41. The van der Waals surface area contributed by atoms with Gasteiger partial charge in [0.25, 0.3) is 0 Å². The van der Waals surface area contributed by atoms with E-state index >= 15 is 0 Å². The van der Waals surface area contributed by atoms with Crippen LogP contribution in [0.2, 0.25) is 0 Å². The Bertz CT molecular complexity index is 726. The van der Waals surface area contributed by atoms with Crippen LogP contribution in [0.3, 0.4) is 0 Å². The lowest BCUT2D eigenvalue weighted by molar-refractivity contribution is -0.0277. The summed E-state index contributed by atoms with van der Waals surface area (Å²) in [7, 11) is -2.62. The number of rotatable bonds is 7. The van der Waals surface area contributed by atoms with Crippen LogP contribution in [0.5, 0.6) is 0 Å². The van der Waals surface area contributed by atoms with Crippen molar-refractivity contribution in [1.82, 2.24) is 0 Å². The maximum absolute atomic E-state index is 10.9. The van der Waals surface area contributed by atoms with Gasteiger partial charge in [-0.3, -0.25) is 0 Å². The summed E-state index contributed by atoms with van der Waals surface area (Å²) in [6.45, 7) is 1.80. The Morgan fingerprint density at radius 1 is 0.897 bits per heavy atom. The van der Waals surface area contributed by atoms with Crippen molar-refractivity contribution in [2.45, 2.75) is 25.0 Å². The van der Waals surface area contributed by atoms with E-state index < -0.39 is 14.7 Å². The average molecular weight is 684 g/mol. The summed E-state index contributed by atoms with van der Waals surface area (Å²) in [6.07, 6.45) is -1.11. The second kappa shape index (κ2) is 13.9. The predicted molar refractivity (Wildman–Crippen MR) is 128 cm³/mol. The average Bonchev–Trinajstić information content (AvgIpc) is 2.66. The van der Waals surface area contributed by atoms with Crippen LogP contribution in [0.1, 0.15) is 24.0 Å². The van der Waals surface area contributed by atoms with E-state index in [1.165, 1.54) is 0 Å². The Labute approximate surface area is 204 Å². The van der Waals surface area contributed by atoms with Crippen molar-refractivity contribution >= 4 is 72.3 Å². The van der Waals surface area contributed by atoms with Crippen LogP contribution in [0.25, 0.3) is 0 Å². The fourth-order valence-corrected chi connectivity index (χ4v) is 4.30. The number of aliphatic hydroxyl groups is 2. The first-order chi connectivity index (χ1) is 13.6. The van der Waals surface area contributed by atoms with Gasteiger partial charge in [-0.05, 0) is 93.9 Å². The summed E-state index contributed by atoms with van der Waals surface area (Å²) >= 11 is 14.3. The van der Waals surface area contributed by atoms with Gasteiger partial charge >= 0.3 is 8.60 Å². The highest BCUT2D eigenvalue weighted by molar-refractivity contribution is 9.13. The first-order valence-electron chi connectivity index (χ1n) is 8.25. The zero-order valence-electron chi connectivity index (χ0n) is 15.2. The van der Waals surface area contributed by atoms with Crippen LogP contribution in [0, 0.1) is 0 Å². The number of ether oxygens (including phenoxy) is 1. The smallest absolute Gasteiger partial charge is 0.324 e. The van der Waals surface area contributed by atoms with E-state index in [0.717, 1.165) is 29.0 Å². The van der Waals surface area contributed by atoms with E-state index in [0.29, 0.717) is 0 Å². The van der Waals surface area contributed by atoms with E-state index in [1.807, 2.05) is 36.4 Å². The fourth-order valence-electron chi connectivity index (χ4n) is 2.52. The van der Waals surface area contributed by atoms with Crippen molar-refractivity contribution in [2.75, 3.05) is 13.2 Å². The number of hydrogen-bond donors (Lipinski definition) is 5. The molecule has 0 amide bonds. The van der Waals surface area contributed by atoms with Crippen LogP contribution in [-0.4, -0.2) is 50.3 Å². The Morgan fingerprint density at radius 3 is 1.69 bits per heavy atom. The topological polar surface area (TPSA) is 110 Å². The molecular formula is C18H21Br4O6P. The Balaban J connectivity index is 0.000000960. The summed E-state index contributed by atoms with van der Waals surface area (Å²) in [5.74, 6) is -0.315. The molecular weight excluding hydrogens is 663 g/mol. The van der Waals surface area contributed by atoms with Crippen LogP contribution >= 0.6 is 72.3 Å². The highest BCUT2D eigenvalue weighted by Gasteiger charge is 2.28. The molecule has 0 aliphatic carbocycles. The summed E-state index contributed by atoms with van der Waals surface area (Å²) < 4.78 is 9.17. The summed E-state index contributed by atoms with van der Waals surface area (Å²) in [5, 5.41) is 20.1. The zero-order chi connectivity index (χ0) is 22.1. The van der Waals surface area contributed by atoms with E-state index in [4.69, 9.17) is 24.5 Å². The van der Waals surface area contributed by atoms with Gasteiger partial charge in [-0.1, -0.05) is 24.3 Å². The van der Waals surface area contributed by atoms with Crippen molar-refractivity contribution < 1.29 is 29.6 Å². The maximum atomic E-state index is 10.9. The van der Waals surface area contributed by atoms with E-state index in [1.54, 1.807) is 6.92 Å². The molecule has 0 bridgehead atoms. The number of halogens is 4. The number of aliphatic hydroxyl groups excluding tert-OH is 2. The van der Waals surface area contributed by atoms with E-state index in [9.17, 15) is 5.11 Å². The molecule has 0 aliphatic heterocycles. The molecule has 2 aromatic carbocycles. The Kier molecular flexibility index (Phi) is 13.2. The van der Waals surface area contributed by atoms with Crippen molar-refractivity contribution in [2.24, 2.45) is 0 Å². The van der Waals surface area contributed by atoms with E-state index in [-0.39, 0.29) is 25.2 Å². The van der Waals surface area contributed by atoms with Gasteiger partial charge in [-0.2, -0.15) is 0 Å². The van der Waals surface area contributed by atoms with Crippen LogP contribution in [0.15, 0.2) is 54.3 Å². The summed E-state index contributed by atoms with van der Waals surface area (Å²) in [5.41, 5.74) is 1.89. The van der Waals surface area contributed by atoms with Gasteiger partial charge in [0, 0.05) is 23.8 Å². The lowest BCUT2D eigenvalue weighted by atomic mass is 9.87. The molecule has 11 heteroatoms. The van der Waals surface area contributed by atoms with Crippen LogP contribution in [-0.2, 0) is 4.74 Å². The third-order valence-corrected chi connectivity index (χ3v) is 7.98. The molecule has 2 unspecified atom stereocenters. The monoisotopic (exact) mass is 680 g/mol. The zero-order valence-corrected chi connectivity index (χ0v) is 22.5. The van der Waals surface area contributed by atoms with Gasteiger partial charge < -0.3 is 29.6 Å². The van der Waals surface area contributed by atoms with Gasteiger partial charge in [0.2, 0.25) is 0 Å².